The van der Waals surface area contributed by atoms with E-state index in [1.54, 1.807) is 0 Å². The van der Waals surface area contributed by atoms with Crippen LogP contribution in [-0.2, 0) is 0 Å². The van der Waals surface area contributed by atoms with E-state index in [2.05, 4.69) is 0 Å². The van der Waals surface area contributed by atoms with E-state index in [4.69, 9.17) is 0 Å². The van der Waals surface area contributed by atoms with Gasteiger partial charge in [-0.2, -0.15) is 0 Å². The predicted molar refractivity (Wildman–Crippen MR) is 48.4 cm³/mol. The van der Waals surface area contributed by atoms with Gasteiger partial charge >= 0.3 is 70.7 Å². The monoisotopic (exact) mass is 310 g/mol. The molecular formula is C6H4Cl2F5Ga. The van der Waals surface area contributed by atoms with Crippen LogP contribution in [0.3, 0.4) is 0 Å². The number of hydrogen-bond acceptors (Lipinski definition) is 0. The molecule has 0 atom stereocenters. The third-order valence-electron chi connectivity index (χ3n) is 1.30. The van der Waals surface area contributed by atoms with E-state index in [0.29, 0.717) is 12.1 Å². The topological polar surface area (TPSA) is 0 Å². The van der Waals surface area contributed by atoms with Crippen molar-refractivity contribution in [3.63, 3.8) is 0 Å². The molecule has 1 aromatic rings. The van der Waals surface area contributed by atoms with Crippen molar-refractivity contribution >= 4 is 46.2 Å². The standard InChI is InChI=1S/C6H2F3.2ClH.2FH.Ga/c7-4-2-1-3-5(8)6(4)9;;;;;/h1-2H;4*1H;/q;;;;;+2/p-2. The number of rotatable bonds is 1. The second kappa shape index (κ2) is 6.55. The molecule has 0 aliphatic heterocycles. The Morgan fingerprint density at radius 2 is 1.36 bits per heavy atom. The average Bonchev–Trinajstić information content (AvgIpc) is 2.00. The van der Waals surface area contributed by atoms with Crippen LogP contribution in [0.25, 0.3) is 0 Å². The number of benzene rings is 1. The van der Waals surface area contributed by atoms with E-state index < -0.39 is 38.8 Å². The van der Waals surface area contributed by atoms with Crippen molar-refractivity contribution in [1.82, 2.24) is 0 Å². The summed E-state index contributed by atoms with van der Waals surface area (Å²) in [5.74, 6) is -5.01. The molecule has 1 rings (SSSR count). The van der Waals surface area contributed by atoms with Crippen molar-refractivity contribution < 1.29 is 19.7 Å². The molecule has 0 aliphatic carbocycles. The van der Waals surface area contributed by atoms with Gasteiger partial charge in [0.25, 0.3) is 0 Å². The van der Waals surface area contributed by atoms with E-state index >= 15 is 0 Å². The van der Waals surface area contributed by atoms with Gasteiger partial charge in [0.2, 0.25) is 0 Å². The van der Waals surface area contributed by atoms with Crippen molar-refractivity contribution in [2.75, 3.05) is 0 Å². The van der Waals surface area contributed by atoms with Crippen LogP contribution in [0, 0.1) is 17.5 Å². The van der Waals surface area contributed by atoms with Gasteiger partial charge in [-0.15, -0.1) is 24.8 Å². The molecule has 0 radical (unpaired) electrons. The zero-order valence-electron chi connectivity index (χ0n) is 6.44. The van der Waals surface area contributed by atoms with Crippen molar-refractivity contribution in [2.45, 2.75) is 0 Å². The van der Waals surface area contributed by atoms with Crippen molar-refractivity contribution in [1.29, 1.82) is 0 Å². The van der Waals surface area contributed by atoms with Crippen LogP contribution in [0.2, 0.25) is 0 Å². The van der Waals surface area contributed by atoms with Gasteiger partial charge in [-0.3, -0.25) is 0 Å². The van der Waals surface area contributed by atoms with Crippen LogP contribution >= 0.6 is 24.8 Å². The molecule has 0 nitrogen and oxygen atoms in total. The Morgan fingerprint density at radius 3 is 1.79 bits per heavy atom. The molecule has 0 bridgehead atoms. The summed E-state index contributed by atoms with van der Waals surface area (Å²) >= 11 is -4.84. The molecule has 0 saturated carbocycles. The molecule has 8 heteroatoms. The summed E-state index contributed by atoms with van der Waals surface area (Å²) in [5, 5.41) is 0. The first kappa shape index (κ1) is 16.5. The Kier molecular flexibility index (Phi) is 7.72. The van der Waals surface area contributed by atoms with Gasteiger partial charge < -0.3 is 0 Å². The quantitative estimate of drug-likeness (QED) is 0.425. The first-order valence-corrected chi connectivity index (χ1v) is 6.00. The molecule has 0 saturated heterocycles. The van der Waals surface area contributed by atoms with Gasteiger partial charge in [0, 0.05) is 0 Å². The van der Waals surface area contributed by atoms with Gasteiger partial charge in [0.15, 0.2) is 0 Å². The Hall–Kier alpha value is 0.0864. The Bertz CT molecular complexity index is 307. The molecule has 1 aromatic carbocycles. The van der Waals surface area contributed by atoms with E-state index in [9.17, 15) is 19.7 Å². The van der Waals surface area contributed by atoms with Gasteiger partial charge in [-0.25, -0.2) is 0 Å². The van der Waals surface area contributed by atoms with Crippen LogP contribution in [0.15, 0.2) is 12.1 Å². The Morgan fingerprint density at radius 1 is 0.857 bits per heavy atom. The third kappa shape index (κ3) is 3.34. The molecule has 0 aliphatic rings. The summed E-state index contributed by atoms with van der Waals surface area (Å²) in [7, 11) is 0. The zero-order valence-corrected chi connectivity index (χ0v) is 10.5. The predicted octanol–water partition coefficient (Wildman–Crippen LogP) is 2.58. The van der Waals surface area contributed by atoms with Crippen molar-refractivity contribution in [2.24, 2.45) is 0 Å². The van der Waals surface area contributed by atoms with E-state index in [-0.39, 0.29) is 24.8 Å². The van der Waals surface area contributed by atoms with Crippen molar-refractivity contribution in [3.8, 4) is 0 Å². The second-order valence-corrected chi connectivity index (χ2v) is 4.63. The van der Waals surface area contributed by atoms with E-state index in [1.165, 1.54) is 0 Å². The molecule has 0 N–H and O–H groups in total. The minimum absolute atomic E-state index is 0. The molecule has 0 heterocycles. The second-order valence-electron chi connectivity index (χ2n) is 2.07. The average molecular weight is 312 g/mol. The molecule has 0 amide bonds. The first-order valence-electron chi connectivity index (χ1n) is 2.95. The van der Waals surface area contributed by atoms with E-state index in [0.717, 1.165) is 0 Å². The number of hydrogen-bond donors (Lipinski definition) is 0. The molecule has 14 heavy (non-hydrogen) atoms. The van der Waals surface area contributed by atoms with E-state index in [1.807, 2.05) is 0 Å². The van der Waals surface area contributed by atoms with Gasteiger partial charge in [-0.1, -0.05) is 0 Å². The summed E-state index contributed by atoms with van der Waals surface area (Å²) in [4.78, 5) is 0. The zero-order chi connectivity index (χ0) is 9.30. The normalized spacial score (nSPS) is 8.64. The van der Waals surface area contributed by atoms with Crippen LogP contribution in [-0.4, -0.2) is 17.2 Å². The minimum atomic E-state index is -4.84. The third-order valence-corrected chi connectivity index (χ3v) is 3.22. The van der Waals surface area contributed by atoms with Gasteiger partial charge in [0.05, 0.1) is 0 Å². The summed E-state index contributed by atoms with van der Waals surface area (Å²) in [5.41, 5.74) is 0. The summed E-state index contributed by atoms with van der Waals surface area (Å²) in [6.45, 7) is 0. The molecule has 0 fully saturated rings. The van der Waals surface area contributed by atoms with Crippen LogP contribution in [0.4, 0.5) is 19.7 Å². The summed E-state index contributed by atoms with van der Waals surface area (Å²) in [6.07, 6.45) is 0. The maximum atomic E-state index is 12.5. The fourth-order valence-electron chi connectivity index (χ4n) is 0.709. The Balaban J connectivity index is 0. The van der Waals surface area contributed by atoms with Gasteiger partial charge in [-0.05, 0) is 0 Å². The first-order chi connectivity index (χ1) is 5.54. The molecule has 80 valence electrons. The summed E-state index contributed by atoms with van der Waals surface area (Å²) < 4.78 is 60.0. The Labute approximate surface area is 95.5 Å². The van der Waals surface area contributed by atoms with Crippen LogP contribution in [0.5, 0.6) is 0 Å². The fraction of sp³-hybridized carbons (Fsp3) is 0. The van der Waals surface area contributed by atoms with Crippen LogP contribution < -0.4 is 4.12 Å². The molecular weight excluding hydrogens is 308 g/mol. The SMILES string of the molecule is Cl.Cl.Fc1cc[c]([Ga]([F])[F])c(F)c1F. The maximum absolute atomic E-state index is 12.5. The summed E-state index contributed by atoms with van der Waals surface area (Å²) in [6, 6.07) is 1.10. The molecule has 0 spiro atoms. The molecule has 0 unspecified atom stereocenters. The number of halogens is 7. The molecule has 0 aromatic heterocycles. The van der Waals surface area contributed by atoms with Crippen molar-refractivity contribution in [3.05, 3.63) is 29.6 Å². The van der Waals surface area contributed by atoms with Gasteiger partial charge in [0.1, 0.15) is 0 Å². The fourth-order valence-corrected chi connectivity index (χ4v) is 1.88. The van der Waals surface area contributed by atoms with Crippen LogP contribution in [0.1, 0.15) is 0 Å².